The van der Waals surface area contributed by atoms with Gasteiger partial charge in [0.25, 0.3) is 0 Å². The number of likely N-dealkylation sites (tertiary alicyclic amines) is 1. The molecule has 0 bridgehead atoms. The highest BCUT2D eigenvalue weighted by Gasteiger charge is 2.32. The number of fused-ring (bicyclic) bond motifs is 1. The van der Waals surface area contributed by atoms with Crippen LogP contribution in [0.15, 0.2) is 22.7 Å². The van der Waals surface area contributed by atoms with Crippen molar-refractivity contribution in [3.05, 3.63) is 28.9 Å². The number of methoxy groups -OCH3 is 1. The number of hydrogen-bond donors (Lipinski definition) is 1. The van der Waals surface area contributed by atoms with Crippen molar-refractivity contribution in [2.75, 3.05) is 26.7 Å². The summed E-state index contributed by atoms with van der Waals surface area (Å²) in [5.41, 5.74) is 1.91. The molecule has 3 aliphatic rings. The number of nitrogens with zero attached hydrogens (tertiary/aromatic N) is 2. The number of halogens is 1. The van der Waals surface area contributed by atoms with E-state index in [9.17, 15) is 4.79 Å². The summed E-state index contributed by atoms with van der Waals surface area (Å²) in [6.45, 7) is 5.64. The van der Waals surface area contributed by atoms with Crippen LogP contribution in [0.25, 0.3) is 11.0 Å². The molecule has 2 aromatic rings. The van der Waals surface area contributed by atoms with Gasteiger partial charge in [-0.25, -0.2) is 0 Å². The Morgan fingerprint density at radius 1 is 1.11 bits per heavy atom. The minimum absolute atomic E-state index is 0.0163. The molecule has 0 radical (unpaired) electrons. The van der Waals surface area contributed by atoms with Crippen LogP contribution in [-0.2, 0) is 9.53 Å². The number of amides is 1. The van der Waals surface area contributed by atoms with Gasteiger partial charge >= 0.3 is 0 Å². The first-order valence-electron chi connectivity index (χ1n) is 14.5. The lowest BCUT2D eigenvalue weighted by Crippen LogP contribution is -2.40. The van der Waals surface area contributed by atoms with Gasteiger partial charge in [-0.2, -0.15) is 0 Å². The van der Waals surface area contributed by atoms with E-state index in [1.807, 2.05) is 25.3 Å². The second kappa shape index (κ2) is 12.0. The molecule has 1 aromatic heterocycles. The van der Waals surface area contributed by atoms with Gasteiger partial charge in [0.1, 0.15) is 0 Å². The molecule has 2 aliphatic carbocycles. The average molecular weight is 530 g/mol. The number of ether oxygens (including phenoxy) is 1. The predicted molar refractivity (Wildman–Crippen MR) is 148 cm³/mol. The Morgan fingerprint density at radius 2 is 1.84 bits per heavy atom. The van der Waals surface area contributed by atoms with Crippen molar-refractivity contribution < 1.29 is 14.1 Å². The van der Waals surface area contributed by atoms with Gasteiger partial charge in [0, 0.05) is 42.0 Å². The van der Waals surface area contributed by atoms with Gasteiger partial charge in [-0.1, -0.05) is 16.8 Å². The van der Waals surface area contributed by atoms with Crippen molar-refractivity contribution in [3.8, 4) is 0 Å². The van der Waals surface area contributed by atoms with E-state index < -0.39 is 0 Å². The second-order valence-corrected chi connectivity index (χ2v) is 12.6. The monoisotopic (exact) mass is 529 g/mol. The molecule has 37 heavy (non-hydrogen) atoms. The number of rotatable bonds is 8. The van der Waals surface area contributed by atoms with Crippen LogP contribution >= 0.6 is 11.6 Å². The third-order valence-corrected chi connectivity index (χ3v) is 9.87. The van der Waals surface area contributed by atoms with E-state index in [1.165, 1.54) is 25.8 Å². The molecule has 2 heterocycles. The Bertz CT molecular complexity index is 1030. The molecule has 5 rings (SSSR count). The molecule has 0 unspecified atom stereocenters. The molecule has 1 amide bonds. The highest BCUT2D eigenvalue weighted by atomic mass is 35.5. The molecule has 1 aromatic carbocycles. The number of piperidine rings is 1. The minimum atomic E-state index is 0.0163. The van der Waals surface area contributed by atoms with Crippen LogP contribution in [0.1, 0.15) is 95.6 Å². The third-order valence-electron chi connectivity index (χ3n) is 9.63. The van der Waals surface area contributed by atoms with Crippen LogP contribution in [-0.4, -0.2) is 54.4 Å². The Morgan fingerprint density at radius 3 is 2.54 bits per heavy atom. The second-order valence-electron chi connectivity index (χ2n) is 12.2. The van der Waals surface area contributed by atoms with Crippen molar-refractivity contribution in [1.29, 1.82) is 0 Å². The Hall–Kier alpha value is -1.63. The number of benzene rings is 1. The zero-order chi connectivity index (χ0) is 25.8. The first-order chi connectivity index (χ1) is 17.9. The standard InChI is InChI=1S/C30H44ClN3O3/c1-30(36-2)14-9-22(10-15-30)19-28(35)32-25-6-3-21(4-7-25)11-16-34-17-12-23(13-18-34)29-26-8-5-24(31)20-27(26)37-33-29/h5,8,20-23,25H,3-4,6-7,9-19H2,1-2H3,(H,32,35)/t21-,22?,25-,30?. The molecule has 0 atom stereocenters. The smallest absolute Gasteiger partial charge is 0.220 e. The zero-order valence-corrected chi connectivity index (χ0v) is 23.4. The van der Waals surface area contributed by atoms with Crippen LogP contribution in [0.2, 0.25) is 5.02 Å². The number of aromatic nitrogens is 1. The van der Waals surface area contributed by atoms with Crippen LogP contribution in [0.5, 0.6) is 0 Å². The molecule has 2 saturated carbocycles. The Kier molecular flexibility index (Phi) is 8.78. The molecule has 0 spiro atoms. The molecule has 6 nitrogen and oxygen atoms in total. The van der Waals surface area contributed by atoms with Gasteiger partial charge in [0.15, 0.2) is 5.58 Å². The summed E-state index contributed by atoms with van der Waals surface area (Å²) in [4.78, 5) is 15.3. The van der Waals surface area contributed by atoms with E-state index in [0.29, 0.717) is 29.3 Å². The number of carbonyl (C=O) groups is 1. The molecular weight excluding hydrogens is 486 g/mol. The highest BCUT2D eigenvalue weighted by molar-refractivity contribution is 6.31. The van der Waals surface area contributed by atoms with Gasteiger partial charge in [-0.15, -0.1) is 0 Å². The van der Waals surface area contributed by atoms with Crippen molar-refractivity contribution in [2.45, 2.75) is 102 Å². The third kappa shape index (κ3) is 6.88. The fourth-order valence-corrected chi connectivity index (χ4v) is 7.02. The lowest BCUT2D eigenvalue weighted by Gasteiger charge is -2.36. The Balaban J connectivity index is 0.972. The van der Waals surface area contributed by atoms with Crippen LogP contribution in [0.4, 0.5) is 0 Å². The van der Waals surface area contributed by atoms with E-state index in [2.05, 4.69) is 22.3 Å². The molecule has 1 aliphatic heterocycles. The molecule has 7 heteroatoms. The van der Waals surface area contributed by atoms with Gasteiger partial charge in [0.2, 0.25) is 5.91 Å². The summed E-state index contributed by atoms with van der Waals surface area (Å²) in [6, 6.07) is 6.20. The maximum Gasteiger partial charge on any atom is 0.220 e. The number of nitrogens with one attached hydrogen (secondary N) is 1. The fraction of sp³-hybridized carbons (Fsp3) is 0.733. The summed E-state index contributed by atoms with van der Waals surface area (Å²) in [7, 11) is 1.81. The summed E-state index contributed by atoms with van der Waals surface area (Å²) < 4.78 is 11.2. The van der Waals surface area contributed by atoms with Crippen LogP contribution in [0.3, 0.4) is 0 Å². The highest BCUT2D eigenvalue weighted by Crippen LogP contribution is 2.36. The van der Waals surface area contributed by atoms with Crippen molar-refractivity contribution >= 4 is 28.5 Å². The van der Waals surface area contributed by atoms with Gasteiger partial charge in [-0.05, 0) is 121 Å². The maximum absolute atomic E-state index is 12.7. The molecule has 3 fully saturated rings. The summed E-state index contributed by atoms with van der Waals surface area (Å²) in [6.07, 6.45) is 13.3. The lowest BCUT2D eigenvalue weighted by molar-refractivity contribution is -0.124. The zero-order valence-electron chi connectivity index (χ0n) is 22.6. The SMILES string of the molecule is COC1(C)CCC(CC(=O)N[C@H]2CC[C@H](CCN3CCC(c4noc5cc(Cl)ccc45)CC3)CC2)CC1. The predicted octanol–water partition coefficient (Wildman–Crippen LogP) is 6.71. The van der Waals surface area contributed by atoms with E-state index in [0.717, 1.165) is 87.0 Å². The van der Waals surface area contributed by atoms with E-state index in [4.69, 9.17) is 20.9 Å². The summed E-state index contributed by atoms with van der Waals surface area (Å²) >= 11 is 6.09. The van der Waals surface area contributed by atoms with E-state index in [1.54, 1.807) is 0 Å². The number of carbonyl (C=O) groups excluding carboxylic acids is 1. The normalized spacial score (nSPS) is 30.0. The fourth-order valence-electron chi connectivity index (χ4n) is 6.86. The molecule has 1 saturated heterocycles. The number of hydrogen-bond acceptors (Lipinski definition) is 5. The van der Waals surface area contributed by atoms with E-state index in [-0.39, 0.29) is 11.5 Å². The van der Waals surface area contributed by atoms with E-state index >= 15 is 0 Å². The van der Waals surface area contributed by atoms with Crippen molar-refractivity contribution in [3.63, 3.8) is 0 Å². The summed E-state index contributed by atoms with van der Waals surface area (Å²) in [5, 5.41) is 9.55. The topological polar surface area (TPSA) is 67.6 Å². The minimum Gasteiger partial charge on any atom is -0.379 e. The maximum atomic E-state index is 12.7. The lowest BCUT2D eigenvalue weighted by atomic mass is 9.78. The first kappa shape index (κ1) is 27.0. The van der Waals surface area contributed by atoms with Gasteiger partial charge in [-0.3, -0.25) is 4.79 Å². The van der Waals surface area contributed by atoms with Gasteiger partial charge < -0.3 is 19.5 Å². The molecule has 1 N–H and O–H groups in total. The van der Waals surface area contributed by atoms with Crippen molar-refractivity contribution in [2.24, 2.45) is 11.8 Å². The first-order valence-corrected chi connectivity index (χ1v) is 14.9. The molecular formula is C30H44ClN3O3. The largest absolute Gasteiger partial charge is 0.379 e. The van der Waals surface area contributed by atoms with Crippen molar-refractivity contribution in [1.82, 2.24) is 15.4 Å². The quantitative estimate of drug-likeness (QED) is 0.411. The average Bonchev–Trinajstić information content (AvgIpc) is 3.33. The molecule has 204 valence electrons. The van der Waals surface area contributed by atoms with Gasteiger partial charge in [0.05, 0.1) is 11.3 Å². The summed E-state index contributed by atoms with van der Waals surface area (Å²) in [5.74, 6) is 2.04. The Labute approximate surface area is 226 Å². The van der Waals surface area contributed by atoms with Crippen LogP contribution in [0, 0.1) is 11.8 Å². The van der Waals surface area contributed by atoms with Crippen LogP contribution < -0.4 is 5.32 Å².